The van der Waals surface area contributed by atoms with Gasteiger partial charge >= 0.3 is 12.0 Å². The Bertz CT molecular complexity index is 1130. The van der Waals surface area contributed by atoms with Crippen LogP contribution in [0, 0.1) is 0 Å². The monoisotopic (exact) mass is 496 g/mol. The molecule has 0 spiro atoms. The first kappa shape index (κ1) is 24.9. The van der Waals surface area contributed by atoms with E-state index in [9.17, 15) is 19.2 Å². The van der Waals surface area contributed by atoms with E-state index in [1.807, 2.05) is 0 Å². The largest absolute Gasteiger partial charge is 0.497 e. The van der Waals surface area contributed by atoms with Gasteiger partial charge in [0, 0.05) is 37.2 Å². The van der Waals surface area contributed by atoms with Crippen LogP contribution in [-0.4, -0.2) is 89.0 Å². The number of esters is 1. The van der Waals surface area contributed by atoms with Gasteiger partial charge in [0.15, 0.2) is 0 Å². The van der Waals surface area contributed by atoms with E-state index in [1.165, 1.54) is 42.6 Å². The van der Waals surface area contributed by atoms with Crippen molar-refractivity contribution in [1.29, 1.82) is 0 Å². The maximum atomic E-state index is 13.6. The van der Waals surface area contributed by atoms with E-state index in [-0.39, 0.29) is 24.6 Å². The van der Waals surface area contributed by atoms with Crippen LogP contribution in [0.5, 0.6) is 5.75 Å². The molecular weight excluding hydrogens is 468 g/mol. The Morgan fingerprint density at radius 3 is 2.64 bits per heavy atom. The number of anilines is 1. The van der Waals surface area contributed by atoms with Gasteiger partial charge in [-0.1, -0.05) is 6.07 Å². The van der Waals surface area contributed by atoms with Crippen molar-refractivity contribution in [1.82, 2.24) is 25.1 Å². The Kier molecular flexibility index (Phi) is 7.62. The molecule has 2 aromatic rings. The molecule has 0 aliphatic carbocycles. The van der Waals surface area contributed by atoms with Gasteiger partial charge in [-0.3, -0.25) is 14.6 Å². The van der Waals surface area contributed by atoms with E-state index in [1.54, 1.807) is 24.3 Å². The zero-order valence-electron chi connectivity index (χ0n) is 20.0. The fraction of sp³-hybridized carbons (Fsp3) is 0.417. The number of urea groups is 1. The van der Waals surface area contributed by atoms with Crippen molar-refractivity contribution in [3.05, 3.63) is 48.5 Å². The molecule has 0 saturated carbocycles. The molecule has 0 bridgehead atoms. The van der Waals surface area contributed by atoms with Crippen LogP contribution in [0.1, 0.15) is 29.8 Å². The number of methoxy groups -OCH3 is 2. The predicted octanol–water partition coefficient (Wildman–Crippen LogP) is 1.05. The van der Waals surface area contributed by atoms with E-state index in [0.717, 1.165) is 0 Å². The number of carbonyl (C=O) groups is 4. The molecule has 1 aromatic carbocycles. The molecule has 2 saturated heterocycles. The molecule has 2 aliphatic heterocycles. The van der Waals surface area contributed by atoms with Gasteiger partial charge in [-0.2, -0.15) is 0 Å². The summed E-state index contributed by atoms with van der Waals surface area (Å²) in [7, 11) is 2.81. The van der Waals surface area contributed by atoms with Crippen molar-refractivity contribution < 1.29 is 28.7 Å². The normalized spacial score (nSPS) is 21.1. The molecule has 2 aliphatic rings. The first-order valence-electron chi connectivity index (χ1n) is 11.6. The van der Waals surface area contributed by atoms with Gasteiger partial charge < -0.3 is 29.9 Å². The smallest absolute Gasteiger partial charge is 0.328 e. The van der Waals surface area contributed by atoms with Crippen molar-refractivity contribution in [2.45, 2.75) is 37.4 Å². The quantitative estimate of drug-likeness (QED) is 0.565. The highest BCUT2D eigenvalue weighted by molar-refractivity contribution is 5.98. The lowest BCUT2D eigenvalue weighted by molar-refractivity contribution is -0.152. The lowest BCUT2D eigenvalue weighted by Crippen LogP contribution is -2.51. The summed E-state index contributed by atoms with van der Waals surface area (Å²) in [5.74, 6) is -0.741. The zero-order valence-corrected chi connectivity index (χ0v) is 20.0. The minimum absolute atomic E-state index is 0.0859. The van der Waals surface area contributed by atoms with E-state index in [4.69, 9.17) is 9.47 Å². The summed E-state index contributed by atoms with van der Waals surface area (Å²) in [5.41, 5.74) is 0.616. The van der Waals surface area contributed by atoms with Crippen molar-refractivity contribution in [3.63, 3.8) is 0 Å². The third-order valence-corrected chi connectivity index (χ3v) is 6.30. The molecule has 12 heteroatoms. The zero-order chi connectivity index (χ0) is 25.7. The number of benzene rings is 1. The van der Waals surface area contributed by atoms with Gasteiger partial charge in [-0.25, -0.2) is 14.6 Å². The van der Waals surface area contributed by atoms with Crippen LogP contribution < -0.4 is 15.4 Å². The molecule has 4 rings (SSSR count). The summed E-state index contributed by atoms with van der Waals surface area (Å²) < 4.78 is 10.0. The molecule has 0 unspecified atom stereocenters. The van der Waals surface area contributed by atoms with Gasteiger partial charge in [0.05, 0.1) is 26.5 Å². The Hall–Kier alpha value is -4.22. The number of hydrogen-bond acceptors (Lipinski definition) is 8. The molecule has 1 aromatic heterocycles. The molecule has 4 amide bonds. The molecule has 3 heterocycles. The van der Waals surface area contributed by atoms with E-state index in [2.05, 4.69) is 20.6 Å². The van der Waals surface area contributed by atoms with Gasteiger partial charge in [0.25, 0.3) is 5.91 Å². The summed E-state index contributed by atoms with van der Waals surface area (Å²) in [6.07, 6.45) is 5.50. The van der Waals surface area contributed by atoms with Crippen LogP contribution in [0.15, 0.2) is 42.9 Å². The molecule has 2 fully saturated rings. The second kappa shape index (κ2) is 11.0. The van der Waals surface area contributed by atoms with E-state index in [0.29, 0.717) is 30.8 Å². The van der Waals surface area contributed by atoms with Gasteiger partial charge in [0.1, 0.15) is 23.5 Å². The number of nitrogens with one attached hydrogen (secondary N) is 2. The lowest BCUT2D eigenvalue weighted by Gasteiger charge is -2.30. The number of likely N-dealkylation sites (tertiary alicyclic amines) is 2. The molecule has 12 nitrogen and oxygen atoms in total. The molecule has 190 valence electrons. The van der Waals surface area contributed by atoms with Crippen LogP contribution in [0.25, 0.3) is 0 Å². The number of nitrogens with zero attached hydrogens (tertiary/aromatic N) is 4. The highest BCUT2D eigenvalue weighted by atomic mass is 16.5. The molecule has 3 atom stereocenters. The van der Waals surface area contributed by atoms with Gasteiger partial charge in [0.2, 0.25) is 5.91 Å². The standard InChI is InChI=1S/C24H28N6O6/c1-35-17-6-3-5-15(11-17)27-24(34)28-16-12-20(22(32)29-10-4-7-19(29)23(33)36-2)30(14-16)21(31)18-13-25-8-9-26-18/h3,5-6,8-9,11,13,16,19-20H,4,7,10,12,14H2,1-2H3,(H2,27,28,34)/t16-,19-,20+/m1/s1. The third-order valence-electron chi connectivity index (χ3n) is 6.30. The van der Waals surface area contributed by atoms with Crippen LogP contribution >= 0.6 is 0 Å². The van der Waals surface area contributed by atoms with Crippen LogP contribution in [0.2, 0.25) is 0 Å². The second-order valence-electron chi connectivity index (χ2n) is 8.54. The minimum Gasteiger partial charge on any atom is -0.497 e. The van der Waals surface area contributed by atoms with Crippen molar-refractivity contribution in [2.24, 2.45) is 0 Å². The molecule has 36 heavy (non-hydrogen) atoms. The van der Waals surface area contributed by atoms with E-state index < -0.39 is 36.0 Å². The van der Waals surface area contributed by atoms with Gasteiger partial charge in [-0.15, -0.1) is 0 Å². The minimum atomic E-state index is -0.883. The lowest BCUT2D eigenvalue weighted by atomic mass is 10.1. The maximum Gasteiger partial charge on any atom is 0.328 e. The average Bonchev–Trinajstić information content (AvgIpc) is 3.55. The molecule has 2 N–H and O–H groups in total. The summed E-state index contributed by atoms with van der Waals surface area (Å²) >= 11 is 0. The summed E-state index contributed by atoms with van der Waals surface area (Å²) in [4.78, 5) is 62.6. The Morgan fingerprint density at radius 1 is 1.08 bits per heavy atom. The molecular formula is C24H28N6O6. The first-order chi connectivity index (χ1) is 17.4. The summed E-state index contributed by atoms with van der Waals surface area (Å²) in [5, 5.41) is 5.57. The SMILES string of the molecule is COC(=O)[C@H]1CCCN1C(=O)[C@@H]1C[C@@H](NC(=O)Nc2cccc(OC)c2)CN1C(=O)c1cnccn1. The number of carbonyl (C=O) groups excluding carboxylic acids is 4. The number of aromatic nitrogens is 2. The number of ether oxygens (including phenoxy) is 2. The summed E-state index contributed by atoms with van der Waals surface area (Å²) in [6, 6.07) is 4.32. The Balaban J connectivity index is 1.51. The highest BCUT2D eigenvalue weighted by Crippen LogP contribution is 2.27. The van der Waals surface area contributed by atoms with Crippen LogP contribution in [-0.2, 0) is 14.3 Å². The number of rotatable bonds is 6. The Morgan fingerprint density at radius 2 is 1.92 bits per heavy atom. The number of hydrogen-bond donors (Lipinski definition) is 2. The van der Waals surface area contributed by atoms with Crippen molar-refractivity contribution in [2.75, 3.05) is 32.6 Å². The van der Waals surface area contributed by atoms with E-state index >= 15 is 0 Å². The predicted molar refractivity (Wildman–Crippen MR) is 127 cm³/mol. The van der Waals surface area contributed by atoms with Crippen molar-refractivity contribution in [3.8, 4) is 5.75 Å². The topological polar surface area (TPSA) is 143 Å². The Labute approximate surface area is 208 Å². The highest BCUT2D eigenvalue weighted by Gasteiger charge is 2.46. The number of amides is 4. The third kappa shape index (κ3) is 5.37. The maximum absolute atomic E-state index is 13.6. The fourth-order valence-corrected chi connectivity index (χ4v) is 4.61. The first-order valence-corrected chi connectivity index (χ1v) is 11.6. The van der Waals surface area contributed by atoms with Crippen LogP contribution in [0.4, 0.5) is 10.5 Å². The fourth-order valence-electron chi connectivity index (χ4n) is 4.61. The summed E-state index contributed by atoms with van der Waals surface area (Å²) in [6.45, 7) is 0.477. The van der Waals surface area contributed by atoms with Crippen molar-refractivity contribution >= 4 is 29.5 Å². The average molecular weight is 497 g/mol. The van der Waals surface area contributed by atoms with Crippen LogP contribution in [0.3, 0.4) is 0 Å². The second-order valence-corrected chi connectivity index (χ2v) is 8.54. The van der Waals surface area contributed by atoms with Gasteiger partial charge in [-0.05, 0) is 31.4 Å². The molecule has 0 radical (unpaired) electrons.